The zero-order valence-corrected chi connectivity index (χ0v) is 10.3. The van der Waals surface area contributed by atoms with Crippen LogP contribution in [-0.4, -0.2) is 21.5 Å². The van der Waals surface area contributed by atoms with Gasteiger partial charge in [0.15, 0.2) is 0 Å². The van der Waals surface area contributed by atoms with Crippen LogP contribution in [0, 0.1) is 6.92 Å². The van der Waals surface area contributed by atoms with Gasteiger partial charge in [-0.2, -0.15) is 0 Å². The second kappa shape index (κ2) is 4.61. The summed E-state index contributed by atoms with van der Waals surface area (Å²) in [5.41, 5.74) is 6.58. The Kier molecular flexibility index (Phi) is 3.64. The van der Waals surface area contributed by atoms with E-state index in [0.717, 1.165) is 11.3 Å². The van der Waals surface area contributed by atoms with Crippen LogP contribution in [0.2, 0.25) is 0 Å². The van der Waals surface area contributed by atoms with E-state index in [2.05, 4.69) is 9.35 Å². The summed E-state index contributed by atoms with van der Waals surface area (Å²) in [6, 6.07) is 2.75. The summed E-state index contributed by atoms with van der Waals surface area (Å²) in [5.74, 6) is 0. The summed E-state index contributed by atoms with van der Waals surface area (Å²) >= 11 is 0. The number of primary amides is 1. The van der Waals surface area contributed by atoms with Crippen LogP contribution in [0.5, 0.6) is 0 Å². The molecule has 0 aromatic carbocycles. The number of aryl methyl sites for hydroxylation is 1. The highest BCUT2D eigenvalue weighted by Crippen LogP contribution is 2.22. The zero-order chi connectivity index (χ0) is 12.3. The number of carbonyl (C=O) groups is 1. The molecule has 0 aliphatic rings. The lowest BCUT2D eigenvalue weighted by Gasteiger charge is -2.13. The molecule has 0 fully saturated rings. The van der Waals surface area contributed by atoms with E-state index in [1.165, 1.54) is 6.26 Å². The smallest absolute Gasteiger partial charge is 0.346 e. The Balaban J connectivity index is 3.12. The Morgan fingerprint density at radius 3 is 2.62 bits per heavy atom. The summed E-state index contributed by atoms with van der Waals surface area (Å²) < 4.78 is 15.5. The average molecular weight is 241 g/mol. The minimum atomic E-state index is -2.66. The van der Waals surface area contributed by atoms with Crippen molar-refractivity contribution in [2.24, 2.45) is 10.1 Å². The van der Waals surface area contributed by atoms with Crippen molar-refractivity contribution >= 4 is 15.8 Å². The van der Waals surface area contributed by atoms with Crippen molar-refractivity contribution in [1.29, 1.82) is 0 Å². The van der Waals surface area contributed by atoms with Crippen LogP contribution in [0.4, 0.5) is 4.79 Å². The molecule has 2 unspecified atom stereocenters. The normalized spacial score (nSPS) is 16.2. The maximum atomic E-state index is 12.1. The molecular formula is C10H15N3O2S. The molecule has 1 aromatic heterocycles. The maximum Gasteiger partial charge on any atom is 0.346 e. The quantitative estimate of drug-likeness (QED) is 0.853. The number of rotatable bonds is 2. The third-order valence-electron chi connectivity index (χ3n) is 2.33. The summed E-state index contributed by atoms with van der Waals surface area (Å²) in [6.07, 6.45) is 3.06. The first-order chi connectivity index (χ1) is 7.33. The highest BCUT2D eigenvalue weighted by atomic mass is 32.2. The van der Waals surface area contributed by atoms with E-state index >= 15 is 0 Å². The van der Waals surface area contributed by atoms with Gasteiger partial charge >= 0.3 is 6.03 Å². The molecular weight excluding hydrogens is 226 g/mol. The monoisotopic (exact) mass is 241 g/mol. The number of hydrogen-bond acceptors (Lipinski definition) is 3. The van der Waals surface area contributed by atoms with E-state index in [-0.39, 0.29) is 5.25 Å². The van der Waals surface area contributed by atoms with Gasteiger partial charge < -0.3 is 5.73 Å². The molecule has 1 heterocycles. The molecule has 16 heavy (non-hydrogen) atoms. The third kappa shape index (κ3) is 3.03. The van der Waals surface area contributed by atoms with Crippen molar-refractivity contribution in [1.82, 2.24) is 4.98 Å². The molecule has 6 heteroatoms. The molecule has 2 amide bonds. The van der Waals surface area contributed by atoms with E-state index in [1.807, 2.05) is 19.1 Å². The Bertz CT molecular complexity index is 501. The Labute approximate surface area is 95.3 Å². The summed E-state index contributed by atoms with van der Waals surface area (Å²) in [4.78, 5) is 14.8. The molecule has 0 radical (unpaired) electrons. The van der Waals surface area contributed by atoms with Crippen molar-refractivity contribution in [3.8, 4) is 0 Å². The molecule has 5 nitrogen and oxygen atoms in total. The van der Waals surface area contributed by atoms with E-state index in [9.17, 15) is 9.00 Å². The number of urea groups is 1. The standard InChI is InChI=1S/C10H15N3O2S/c1-7-4-5-9(6-12-7)8(2)16(3,15)13-10(11)14/h4-6,8H,1-3H3,(H2,11,14). The SMILES string of the molecule is Cc1ccc(C(C)S(C)(=O)=NC(N)=O)cn1. The van der Waals surface area contributed by atoms with Gasteiger partial charge in [0.25, 0.3) is 0 Å². The van der Waals surface area contributed by atoms with E-state index in [0.29, 0.717) is 0 Å². The number of pyridine rings is 1. The van der Waals surface area contributed by atoms with Crippen molar-refractivity contribution in [3.05, 3.63) is 29.6 Å². The number of amides is 2. The van der Waals surface area contributed by atoms with Gasteiger partial charge in [-0.1, -0.05) is 6.07 Å². The van der Waals surface area contributed by atoms with Gasteiger partial charge in [-0.15, -0.1) is 4.36 Å². The van der Waals surface area contributed by atoms with Gasteiger partial charge in [-0.05, 0) is 25.5 Å². The van der Waals surface area contributed by atoms with Crippen LogP contribution in [0.1, 0.15) is 23.4 Å². The topological polar surface area (TPSA) is 85.4 Å². The second-order valence-electron chi connectivity index (χ2n) is 3.67. The molecule has 0 spiro atoms. The molecule has 2 N–H and O–H groups in total. The predicted molar refractivity (Wildman–Crippen MR) is 63.5 cm³/mol. The van der Waals surface area contributed by atoms with Crippen LogP contribution in [0.15, 0.2) is 22.7 Å². The first-order valence-corrected chi connectivity index (χ1v) is 6.74. The largest absolute Gasteiger partial charge is 0.349 e. The van der Waals surface area contributed by atoms with E-state index < -0.39 is 15.8 Å². The lowest BCUT2D eigenvalue weighted by Crippen LogP contribution is -2.14. The van der Waals surface area contributed by atoms with Crippen molar-refractivity contribution in [2.45, 2.75) is 19.1 Å². The van der Waals surface area contributed by atoms with Gasteiger partial charge in [0.1, 0.15) is 0 Å². The lowest BCUT2D eigenvalue weighted by molar-refractivity contribution is 0.257. The molecule has 1 rings (SSSR count). The third-order valence-corrected chi connectivity index (χ3v) is 4.46. The predicted octanol–water partition coefficient (Wildman–Crippen LogP) is 1.63. The van der Waals surface area contributed by atoms with Crippen LogP contribution in [0.25, 0.3) is 0 Å². The Morgan fingerprint density at radius 1 is 1.56 bits per heavy atom. The van der Waals surface area contributed by atoms with Crippen LogP contribution >= 0.6 is 0 Å². The number of carbonyl (C=O) groups excluding carboxylic acids is 1. The van der Waals surface area contributed by atoms with E-state index in [4.69, 9.17) is 5.73 Å². The van der Waals surface area contributed by atoms with Crippen molar-refractivity contribution in [3.63, 3.8) is 0 Å². The highest BCUT2D eigenvalue weighted by Gasteiger charge is 2.17. The molecule has 0 aliphatic carbocycles. The van der Waals surface area contributed by atoms with Gasteiger partial charge in [0.05, 0.1) is 15.0 Å². The fraction of sp³-hybridized carbons (Fsp3) is 0.400. The molecule has 2 atom stereocenters. The summed E-state index contributed by atoms with van der Waals surface area (Å²) in [5, 5.41) is -0.381. The van der Waals surface area contributed by atoms with Crippen molar-refractivity contribution < 1.29 is 9.00 Å². The number of nitrogens with zero attached hydrogens (tertiary/aromatic N) is 2. The highest BCUT2D eigenvalue weighted by molar-refractivity contribution is 7.93. The minimum Gasteiger partial charge on any atom is -0.349 e. The molecule has 88 valence electrons. The number of nitrogens with two attached hydrogens (primary N) is 1. The van der Waals surface area contributed by atoms with Crippen LogP contribution in [-0.2, 0) is 9.73 Å². The van der Waals surface area contributed by atoms with Crippen LogP contribution in [0.3, 0.4) is 0 Å². The van der Waals surface area contributed by atoms with E-state index in [1.54, 1.807) is 13.1 Å². The Morgan fingerprint density at radius 2 is 2.19 bits per heavy atom. The lowest BCUT2D eigenvalue weighted by atomic mass is 10.2. The summed E-state index contributed by atoms with van der Waals surface area (Å²) in [6.45, 7) is 3.60. The first kappa shape index (κ1) is 12.6. The van der Waals surface area contributed by atoms with Gasteiger partial charge in [-0.25, -0.2) is 9.00 Å². The molecule has 1 aromatic rings. The molecule has 0 bridgehead atoms. The fourth-order valence-electron chi connectivity index (χ4n) is 1.23. The minimum absolute atomic E-state index is 0.381. The maximum absolute atomic E-state index is 12.1. The number of hydrogen-bond donors (Lipinski definition) is 1. The summed E-state index contributed by atoms with van der Waals surface area (Å²) in [7, 11) is -2.66. The molecule has 0 saturated carbocycles. The van der Waals surface area contributed by atoms with Gasteiger partial charge in [-0.3, -0.25) is 4.98 Å². The first-order valence-electron chi connectivity index (χ1n) is 4.76. The van der Waals surface area contributed by atoms with Crippen molar-refractivity contribution in [2.75, 3.05) is 6.26 Å². The second-order valence-corrected chi connectivity index (χ2v) is 6.28. The van der Waals surface area contributed by atoms with Crippen LogP contribution < -0.4 is 5.73 Å². The molecule has 0 aliphatic heterocycles. The number of aromatic nitrogens is 1. The Hall–Kier alpha value is -1.43. The van der Waals surface area contributed by atoms with Gasteiger partial charge in [0.2, 0.25) is 0 Å². The molecule has 0 saturated heterocycles. The van der Waals surface area contributed by atoms with Gasteiger partial charge in [0, 0.05) is 18.1 Å². The average Bonchev–Trinajstić information content (AvgIpc) is 2.16. The zero-order valence-electron chi connectivity index (χ0n) is 9.51. The fourth-order valence-corrected chi connectivity index (χ4v) is 2.39.